The lowest BCUT2D eigenvalue weighted by atomic mass is 9.34. The molecule has 3 unspecified atom stereocenters. The average Bonchev–Trinajstić information content (AvgIpc) is 2.57. The molecule has 1 spiro atoms. The van der Waals surface area contributed by atoms with Crippen LogP contribution in [0.5, 0.6) is 0 Å². The van der Waals surface area contributed by atoms with Crippen LogP contribution in [-0.4, -0.2) is 35.0 Å². The van der Waals surface area contributed by atoms with Crippen molar-refractivity contribution in [2.24, 2.45) is 34.0 Å². The largest absolute Gasteiger partial charge is 0.465 e. The van der Waals surface area contributed by atoms with E-state index in [4.69, 9.17) is 4.74 Å². The van der Waals surface area contributed by atoms with Crippen molar-refractivity contribution < 1.29 is 19.7 Å². The van der Waals surface area contributed by atoms with Crippen molar-refractivity contribution in [1.82, 2.24) is 0 Å². The molecule has 0 aromatic rings. The molecule has 5 aliphatic carbocycles. The van der Waals surface area contributed by atoms with Gasteiger partial charge >= 0.3 is 5.97 Å². The first kappa shape index (κ1) is 15.4. The molecule has 1 saturated heterocycles. The summed E-state index contributed by atoms with van der Waals surface area (Å²) in [6.45, 7) is 6.86. The van der Waals surface area contributed by atoms with Crippen LogP contribution in [0.2, 0.25) is 0 Å². The summed E-state index contributed by atoms with van der Waals surface area (Å²) < 4.78 is 5.73. The van der Waals surface area contributed by atoms with E-state index in [0.717, 1.165) is 44.1 Å². The molecule has 6 rings (SSSR count). The molecule has 1 heterocycles. The Hall–Kier alpha value is -0.870. The molecule has 132 valence electrons. The fourth-order valence-electron chi connectivity index (χ4n) is 7.76. The van der Waals surface area contributed by atoms with Gasteiger partial charge < -0.3 is 14.9 Å². The summed E-state index contributed by atoms with van der Waals surface area (Å²) in [5.74, 6) is 0.456. The van der Waals surface area contributed by atoms with Crippen LogP contribution < -0.4 is 0 Å². The van der Waals surface area contributed by atoms with E-state index < -0.39 is 23.0 Å². The van der Waals surface area contributed by atoms with Gasteiger partial charge in [0.15, 0.2) is 0 Å². The van der Waals surface area contributed by atoms with E-state index in [0.29, 0.717) is 13.0 Å². The molecule has 2 N–H and O–H groups in total. The predicted octanol–water partition coefficient (Wildman–Crippen LogP) is 2.43. The van der Waals surface area contributed by atoms with Crippen molar-refractivity contribution in [2.75, 3.05) is 6.61 Å². The highest BCUT2D eigenvalue weighted by Gasteiger charge is 2.75. The number of rotatable bonds is 0. The average molecular weight is 332 g/mol. The molecule has 6 fully saturated rings. The van der Waals surface area contributed by atoms with Gasteiger partial charge in [0.25, 0.3) is 0 Å². The highest BCUT2D eigenvalue weighted by Crippen LogP contribution is 2.73. The smallest absolute Gasteiger partial charge is 0.312 e. The molecule has 0 aromatic carbocycles. The van der Waals surface area contributed by atoms with Gasteiger partial charge in [-0.05, 0) is 61.9 Å². The van der Waals surface area contributed by atoms with Crippen molar-refractivity contribution in [3.63, 3.8) is 0 Å². The van der Waals surface area contributed by atoms with Crippen molar-refractivity contribution >= 4 is 5.97 Å². The van der Waals surface area contributed by atoms with Crippen LogP contribution in [0.3, 0.4) is 0 Å². The van der Waals surface area contributed by atoms with E-state index in [1.165, 1.54) is 0 Å². The Balaban J connectivity index is 1.71. The summed E-state index contributed by atoms with van der Waals surface area (Å²) >= 11 is 0. The zero-order valence-corrected chi connectivity index (χ0v) is 14.5. The minimum absolute atomic E-state index is 0.0204. The third kappa shape index (κ3) is 1.44. The van der Waals surface area contributed by atoms with Crippen LogP contribution in [0.25, 0.3) is 0 Å². The lowest BCUT2D eigenvalue weighted by Gasteiger charge is -2.71. The molecule has 5 saturated carbocycles. The first-order valence-corrected chi connectivity index (χ1v) is 9.58. The van der Waals surface area contributed by atoms with Gasteiger partial charge in [-0.25, -0.2) is 0 Å². The number of hydrogen-bond acceptors (Lipinski definition) is 4. The molecule has 4 bridgehead atoms. The second-order valence-electron chi connectivity index (χ2n) is 9.54. The summed E-state index contributed by atoms with van der Waals surface area (Å²) in [6.07, 6.45) is 5.05. The molecule has 0 amide bonds. The predicted molar refractivity (Wildman–Crippen MR) is 87.9 cm³/mol. The Morgan fingerprint density at radius 2 is 1.96 bits per heavy atom. The van der Waals surface area contributed by atoms with Gasteiger partial charge in [0.1, 0.15) is 0 Å². The number of ether oxygens (including phenoxy) is 1. The van der Waals surface area contributed by atoms with Crippen LogP contribution in [0.1, 0.15) is 51.9 Å². The second-order valence-corrected chi connectivity index (χ2v) is 9.54. The molecule has 1 aliphatic heterocycles. The third-order valence-electron chi connectivity index (χ3n) is 8.90. The zero-order chi connectivity index (χ0) is 16.9. The zero-order valence-electron chi connectivity index (χ0n) is 14.5. The maximum absolute atomic E-state index is 13.1. The molecule has 0 aromatic heterocycles. The molecule has 24 heavy (non-hydrogen) atoms. The normalized spacial score (nSPS) is 58.7. The van der Waals surface area contributed by atoms with E-state index in [9.17, 15) is 15.0 Å². The fourth-order valence-corrected chi connectivity index (χ4v) is 7.76. The van der Waals surface area contributed by atoms with Crippen LogP contribution in [0.15, 0.2) is 12.2 Å². The number of aliphatic hydroxyl groups excluding tert-OH is 2. The van der Waals surface area contributed by atoms with E-state index >= 15 is 0 Å². The summed E-state index contributed by atoms with van der Waals surface area (Å²) in [4.78, 5) is 13.1. The number of hydrogen-bond donors (Lipinski definition) is 2. The Morgan fingerprint density at radius 3 is 2.75 bits per heavy atom. The maximum atomic E-state index is 13.1. The van der Waals surface area contributed by atoms with Gasteiger partial charge in [-0.3, -0.25) is 4.79 Å². The van der Waals surface area contributed by atoms with Crippen molar-refractivity contribution in [1.29, 1.82) is 0 Å². The molecule has 4 nitrogen and oxygen atoms in total. The van der Waals surface area contributed by atoms with Gasteiger partial charge in [-0.2, -0.15) is 0 Å². The standard InChI is InChI=1S/C20H28O4/c1-11-12-4-7-20(16(11)22)14(8-12)19-6-3-5-18(2,10-24-17(19)23)13(19)9-15(20)21/h12-16,21-22H,1,3-10H2,2H3/t12-,13?,14?,15+,16-,18-,19-,20?/m0/s1. The SMILES string of the molecule is C=C1[C@H]2CCC3(C(C2)[C@@]24CCC[C@@](C)(COC2=O)C4C[C@H]3O)[C@H]1O. The monoisotopic (exact) mass is 332 g/mol. The van der Waals surface area contributed by atoms with Crippen LogP contribution in [-0.2, 0) is 9.53 Å². The Labute approximate surface area is 143 Å². The van der Waals surface area contributed by atoms with Crippen molar-refractivity contribution in [3.05, 3.63) is 12.2 Å². The first-order valence-electron chi connectivity index (χ1n) is 9.58. The minimum atomic E-state index is -0.678. The molecule has 0 radical (unpaired) electrons. The number of esters is 1. The summed E-state index contributed by atoms with van der Waals surface area (Å²) in [5.41, 5.74) is -0.219. The molecule has 8 atom stereocenters. The van der Waals surface area contributed by atoms with Crippen molar-refractivity contribution in [3.8, 4) is 0 Å². The van der Waals surface area contributed by atoms with Gasteiger partial charge in [0.2, 0.25) is 0 Å². The van der Waals surface area contributed by atoms with Crippen molar-refractivity contribution in [2.45, 2.75) is 64.1 Å². The summed E-state index contributed by atoms with van der Waals surface area (Å²) in [7, 11) is 0. The lowest BCUT2D eigenvalue weighted by molar-refractivity contribution is -0.278. The second kappa shape index (κ2) is 4.45. The highest BCUT2D eigenvalue weighted by atomic mass is 16.5. The van der Waals surface area contributed by atoms with E-state index in [1.54, 1.807) is 0 Å². The molecule has 6 aliphatic rings. The van der Waals surface area contributed by atoms with E-state index in [-0.39, 0.29) is 29.1 Å². The van der Waals surface area contributed by atoms with Crippen LogP contribution in [0.4, 0.5) is 0 Å². The fraction of sp³-hybridized carbons (Fsp3) is 0.850. The van der Waals surface area contributed by atoms with E-state index in [2.05, 4.69) is 13.5 Å². The number of carbonyl (C=O) groups excluding carboxylic acids is 1. The van der Waals surface area contributed by atoms with Crippen LogP contribution >= 0.6 is 0 Å². The number of fused-ring (bicyclic) bond motifs is 2. The van der Waals surface area contributed by atoms with Crippen LogP contribution in [0, 0.1) is 34.0 Å². The summed E-state index contributed by atoms with van der Waals surface area (Å²) in [6, 6.07) is 0. The van der Waals surface area contributed by atoms with Gasteiger partial charge in [-0.15, -0.1) is 0 Å². The molecular weight excluding hydrogens is 304 g/mol. The lowest BCUT2D eigenvalue weighted by Crippen LogP contribution is -2.73. The molecular formula is C20H28O4. The minimum Gasteiger partial charge on any atom is -0.465 e. The number of aliphatic hydroxyl groups is 2. The number of cyclic esters (lactones) is 1. The highest BCUT2D eigenvalue weighted by molar-refractivity contribution is 5.80. The first-order chi connectivity index (χ1) is 11.4. The third-order valence-corrected chi connectivity index (χ3v) is 8.90. The Kier molecular flexibility index (Phi) is 2.85. The Bertz CT molecular complexity index is 629. The maximum Gasteiger partial charge on any atom is 0.312 e. The number of carbonyl (C=O) groups is 1. The quantitative estimate of drug-likeness (QED) is 0.528. The van der Waals surface area contributed by atoms with Gasteiger partial charge in [0, 0.05) is 10.8 Å². The topological polar surface area (TPSA) is 66.8 Å². The van der Waals surface area contributed by atoms with Gasteiger partial charge in [0.05, 0.1) is 24.2 Å². The van der Waals surface area contributed by atoms with Gasteiger partial charge in [-0.1, -0.05) is 19.9 Å². The Morgan fingerprint density at radius 1 is 1.17 bits per heavy atom. The molecule has 4 heteroatoms. The summed E-state index contributed by atoms with van der Waals surface area (Å²) in [5, 5.41) is 22.3. The van der Waals surface area contributed by atoms with E-state index in [1.807, 2.05) is 0 Å².